The van der Waals surface area contributed by atoms with Crippen molar-refractivity contribution >= 4 is 23.4 Å². The second kappa shape index (κ2) is 9.02. The third-order valence-corrected chi connectivity index (χ3v) is 4.37. The number of thioether (sulfide) groups is 1. The van der Waals surface area contributed by atoms with Gasteiger partial charge in [-0.05, 0) is 44.4 Å². The Bertz CT molecular complexity index is 438. The summed E-state index contributed by atoms with van der Waals surface area (Å²) >= 11 is 1.59. The minimum atomic E-state index is -0.330. The van der Waals surface area contributed by atoms with Crippen LogP contribution in [0, 0.1) is 5.82 Å². The predicted molar refractivity (Wildman–Crippen MR) is 86.1 cm³/mol. The van der Waals surface area contributed by atoms with Crippen LogP contribution in [0.4, 0.5) is 10.1 Å². The molecule has 3 N–H and O–H groups in total. The maximum absolute atomic E-state index is 12.8. The number of amides is 1. The SMILES string of the molecule is CSC(CO)C(C)NC(C)CC(=O)Nc1ccc(F)cc1. The maximum Gasteiger partial charge on any atom is 0.225 e. The van der Waals surface area contributed by atoms with Crippen molar-refractivity contribution in [3.8, 4) is 0 Å². The van der Waals surface area contributed by atoms with Crippen molar-refractivity contribution in [1.82, 2.24) is 5.32 Å². The molecule has 0 aliphatic heterocycles. The van der Waals surface area contributed by atoms with Gasteiger partial charge in [0.1, 0.15) is 5.82 Å². The highest BCUT2D eigenvalue weighted by atomic mass is 32.2. The Morgan fingerprint density at radius 1 is 1.33 bits per heavy atom. The first-order valence-corrected chi connectivity index (χ1v) is 8.20. The summed E-state index contributed by atoms with van der Waals surface area (Å²) in [5.74, 6) is -0.456. The third-order valence-electron chi connectivity index (χ3n) is 3.21. The molecule has 0 aliphatic carbocycles. The lowest BCUT2D eigenvalue weighted by molar-refractivity contribution is -0.116. The number of aliphatic hydroxyl groups excluding tert-OH is 1. The van der Waals surface area contributed by atoms with E-state index < -0.39 is 0 Å². The molecule has 3 unspecified atom stereocenters. The van der Waals surface area contributed by atoms with Gasteiger partial charge in [-0.15, -0.1) is 0 Å². The first-order valence-electron chi connectivity index (χ1n) is 6.91. The fraction of sp³-hybridized carbons (Fsp3) is 0.533. The second-order valence-corrected chi connectivity index (χ2v) is 6.15. The van der Waals surface area contributed by atoms with Crippen LogP contribution in [0.1, 0.15) is 20.3 Å². The number of aliphatic hydroxyl groups is 1. The number of halogens is 1. The monoisotopic (exact) mass is 314 g/mol. The van der Waals surface area contributed by atoms with Crippen LogP contribution in [0.3, 0.4) is 0 Å². The normalized spacial score (nSPS) is 15.3. The summed E-state index contributed by atoms with van der Waals surface area (Å²) in [6.45, 7) is 4.02. The van der Waals surface area contributed by atoms with E-state index in [2.05, 4.69) is 10.6 Å². The van der Waals surface area contributed by atoms with Crippen molar-refractivity contribution < 1.29 is 14.3 Å². The van der Waals surface area contributed by atoms with E-state index in [0.29, 0.717) is 12.1 Å². The van der Waals surface area contributed by atoms with Crippen molar-refractivity contribution in [1.29, 1.82) is 0 Å². The summed E-state index contributed by atoms with van der Waals surface area (Å²) in [4.78, 5) is 11.9. The lowest BCUT2D eigenvalue weighted by Gasteiger charge is -2.25. The van der Waals surface area contributed by atoms with E-state index in [1.165, 1.54) is 24.3 Å². The van der Waals surface area contributed by atoms with E-state index in [-0.39, 0.29) is 35.7 Å². The van der Waals surface area contributed by atoms with Gasteiger partial charge in [-0.2, -0.15) is 11.8 Å². The Morgan fingerprint density at radius 2 is 1.95 bits per heavy atom. The third kappa shape index (κ3) is 6.46. The van der Waals surface area contributed by atoms with E-state index >= 15 is 0 Å². The largest absolute Gasteiger partial charge is 0.395 e. The smallest absolute Gasteiger partial charge is 0.225 e. The standard InChI is InChI=1S/C15H23FN2O2S/c1-10(17-11(2)14(9-19)21-3)8-15(20)18-13-6-4-12(16)5-7-13/h4-7,10-11,14,17,19H,8-9H2,1-3H3,(H,18,20). The van der Waals surface area contributed by atoms with Crippen LogP contribution in [0.5, 0.6) is 0 Å². The van der Waals surface area contributed by atoms with Gasteiger partial charge in [0.25, 0.3) is 0 Å². The highest BCUT2D eigenvalue weighted by molar-refractivity contribution is 7.99. The van der Waals surface area contributed by atoms with Crippen molar-refractivity contribution in [2.24, 2.45) is 0 Å². The van der Waals surface area contributed by atoms with Crippen LogP contribution in [0.2, 0.25) is 0 Å². The first kappa shape index (κ1) is 17.9. The molecule has 1 aromatic rings. The highest BCUT2D eigenvalue weighted by Crippen LogP contribution is 2.12. The zero-order chi connectivity index (χ0) is 15.8. The molecule has 1 amide bonds. The number of anilines is 1. The summed E-state index contributed by atoms with van der Waals surface area (Å²) in [7, 11) is 0. The summed E-state index contributed by atoms with van der Waals surface area (Å²) in [6, 6.07) is 5.78. The number of hydrogen-bond donors (Lipinski definition) is 3. The van der Waals surface area contributed by atoms with Crippen molar-refractivity contribution in [2.45, 2.75) is 37.6 Å². The van der Waals surface area contributed by atoms with E-state index in [1.807, 2.05) is 20.1 Å². The quantitative estimate of drug-likeness (QED) is 0.689. The van der Waals surface area contributed by atoms with E-state index in [0.717, 1.165) is 0 Å². The lowest BCUT2D eigenvalue weighted by Crippen LogP contribution is -2.43. The molecule has 0 bridgehead atoms. The molecule has 0 spiro atoms. The second-order valence-electron chi connectivity index (χ2n) is 5.07. The fourth-order valence-corrected chi connectivity index (χ4v) is 2.71. The summed E-state index contributed by atoms with van der Waals surface area (Å²) in [5, 5.41) is 15.4. The molecule has 0 saturated heterocycles. The van der Waals surface area contributed by atoms with Gasteiger partial charge in [0.15, 0.2) is 0 Å². The Labute approximate surface area is 129 Å². The predicted octanol–water partition coefficient (Wildman–Crippen LogP) is 2.24. The molecule has 0 radical (unpaired) electrons. The van der Waals surface area contributed by atoms with Gasteiger partial charge in [0, 0.05) is 29.4 Å². The van der Waals surface area contributed by atoms with Crippen molar-refractivity contribution in [2.75, 3.05) is 18.2 Å². The van der Waals surface area contributed by atoms with E-state index in [9.17, 15) is 14.3 Å². The molecule has 3 atom stereocenters. The molecule has 0 fully saturated rings. The molecule has 1 aromatic carbocycles. The van der Waals surface area contributed by atoms with E-state index in [4.69, 9.17) is 0 Å². The lowest BCUT2D eigenvalue weighted by atomic mass is 10.1. The van der Waals surface area contributed by atoms with Gasteiger partial charge >= 0.3 is 0 Å². The van der Waals surface area contributed by atoms with Crippen LogP contribution < -0.4 is 10.6 Å². The van der Waals surface area contributed by atoms with Crippen LogP contribution in [0.25, 0.3) is 0 Å². The molecule has 0 aromatic heterocycles. The molecule has 4 nitrogen and oxygen atoms in total. The van der Waals surface area contributed by atoms with Crippen LogP contribution in [-0.4, -0.2) is 41.2 Å². The van der Waals surface area contributed by atoms with Gasteiger partial charge in [0.05, 0.1) is 6.61 Å². The zero-order valence-electron chi connectivity index (χ0n) is 12.6. The Hall–Kier alpha value is -1.11. The molecule has 118 valence electrons. The minimum absolute atomic E-state index is 0.0124. The summed E-state index contributed by atoms with van der Waals surface area (Å²) in [6.07, 6.45) is 2.26. The molecular weight excluding hydrogens is 291 g/mol. The van der Waals surface area contributed by atoms with Crippen molar-refractivity contribution in [3.63, 3.8) is 0 Å². The minimum Gasteiger partial charge on any atom is -0.395 e. The average molecular weight is 314 g/mol. The molecular formula is C15H23FN2O2S. The molecule has 0 heterocycles. The molecule has 0 aliphatic rings. The van der Waals surface area contributed by atoms with Crippen LogP contribution >= 0.6 is 11.8 Å². The zero-order valence-corrected chi connectivity index (χ0v) is 13.4. The number of hydrogen-bond acceptors (Lipinski definition) is 4. The van der Waals surface area contributed by atoms with Gasteiger partial charge in [-0.3, -0.25) is 4.79 Å². The van der Waals surface area contributed by atoms with Crippen LogP contribution in [0.15, 0.2) is 24.3 Å². The molecule has 6 heteroatoms. The molecule has 1 rings (SSSR count). The van der Waals surface area contributed by atoms with Gasteiger partial charge in [-0.25, -0.2) is 4.39 Å². The van der Waals surface area contributed by atoms with Gasteiger partial charge in [0.2, 0.25) is 5.91 Å². The number of nitrogens with one attached hydrogen (secondary N) is 2. The fourth-order valence-electron chi connectivity index (χ4n) is 2.08. The molecule has 0 saturated carbocycles. The number of carbonyl (C=O) groups is 1. The van der Waals surface area contributed by atoms with Crippen molar-refractivity contribution in [3.05, 3.63) is 30.1 Å². The van der Waals surface area contributed by atoms with E-state index in [1.54, 1.807) is 11.8 Å². The summed E-state index contributed by atoms with van der Waals surface area (Å²) < 4.78 is 12.8. The Kier molecular flexibility index (Phi) is 7.71. The first-order chi connectivity index (χ1) is 9.96. The number of rotatable bonds is 8. The van der Waals surface area contributed by atoms with Gasteiger partial charge in [-0.1, -0.05) is 0 Å². The highest BCUT2D eigenvalue weighted by Gasteiger charge is 2.18. The average Bonchev–Trinajstić information content (AvgIpc) is 2.42. The topological polar surface area (TPSA) is 61.4 Å². The number of carbonyl (C=O) groups excluding carboxylic acids is 1. The van der Waals surface area contributed by atoms with Gasteiger partial charge < -0.3 is 15.7 Å². The Balaban J connectivity index is 2.41. The van der Waals surface area contributed by atoms with Crippen LogP contribution in [-0.2, 0) is 4.79 Å². The number of benzene rings is 1. The molecule has 21 heavy (non-hydrogen) atoms. The maximum atomic E-state index is 12.8. The summed E-state index contributed by atoms with van der Waals surface area (Å²) in [5.41, 5.74) is 0.582. The Morgan fingerprint density at radius 3 is 2.48 bits per heavy atom.